The van der Waals surface area contributed by atoms with Gasteiger partial charge in [-0.2, -0.15) is 0 Å². The molecule has 0 saturated carbocycles. The number of hydrogen-bond acceptors (Lipinski definition) is 3. The second kappa shape index (κ2) is 5.56. The predicted octanol–water partition coefficient (Wildman–Crippen LogP) is 0.103. The molecule has 0 saturated heterocycles. The van der Waals surface area contributed by atoms with Crippen LogP contribution < -0.4 is 5.73 Å². The molecule has 0 atom stereocenters. The summed E-state index contributed by atoms with van der Waals surface area (Å²) in [6, 6.07) is 0. The van der Waals surface area contributed by atoms with Crippen LogP contribution in [0.3, 0.4) is 0 Å². The van der Waals surface area contributed by atoms with E-state index in [9.17, 15) is 4.79 Å². The zero-order valence-corrected chi connectivity index (χ0v) is 5.59. The fourth-order valence-corrected chi connectivity index (χ4v) is 0.404. The van der Waals surface area contributed by atoms with Crippen LogP contribution >= 0.6 is 0 Å². The molecular formula is C6H12NO2. The van der Waals surface area contributed by atoms with E-state index in [4.69, 9.17) is 5.73 Å². The third-order valence-electron chi connectivity index (χ3n) is 0.794. The molecule has 1 radical (unpaired) electrons. The van der Waals surface area contributed by atoms with Crippen LogP contribution in [0.25, 0.3) is 0 Å². The Morgan fingerprint density at radius 2 is 2.44 bits per heavy atom. The van der Waals surface area contributed by atoms with Crippen molar-refractivity contribution >= 4 is 5.97 Å². The summed E-state index contributed by atoms with van der Waals surface area (Å²) in [6.45, 7) is 2.39. The monoisotopic (exact) mass is 130 g/mol. The lowest BCUT2D eigenvalue weighted by atomic mass is 10.3. The first kappa shape index (κ1) is 8.43. The van der Waals surface area contributed by atoms with Crippen LogP contribution in [0.15, 0.2) is 0 Å². The minimum absolute atomic E-state index is 0.236. The Hall–Kier alpha value is -0.570. The van der Waals surface area contributed by atoms with E-state index in [1.807, 2.05) is 6.42 Å². The molecule has 2 N–H and O–H groups in total. The van der Waals surface area contributed by atoms with Crippen molar-refractivity contribution in [3.8, 4) is 0 Å². The Bertz CT molecular complexity index is 83.1. The van der Waals surface area contributed by atoms with Gasteiger partial charge in [0, 0.05) is 6.92 Å². The Labute approximate surface area is 55.2 Å². The van der Waals surface area contributed by atoms with Crippen molar-refractivity contribution in [1.82, 2.24) is 0 Å². The highest BCUT2D eigenvalue weighted by Crippen LogP contribution is 1.85. The Morgan fingerprint density at radius 1 is 1.78 bits per heavy atom. The van der Waals surface area contributed by atoms with E-state index in [1.54, 1.807) is 0 Å². The standard InChI is InChI=1S/C6H12NO2/c1-6(8)9-5-3-2-4-7/h2H,3-5,7H2,1H3. The van der Waals surface area contributed by atoms with Gasteiger partial charge >= 0.3 is 5.97 Å². The normalized spacial score (nSPS) is 9.11. The Balaban J connectivity index is 2.83. The van der Waals surface area contributed by atoms with E-state index < -0.39 is 0 Å². The van der Waals surface area contributed by atoms with E-state index in [0.29, 0.717) is 13.2 Å². The fourth-order valence-electron chi connectivity index (χ4n) is 0.404. The minimum atomic E-state index is -0.236. The SMILES string of the molecule is CC(=O)OCC[CH]CN. The van der Waals surface area contributed by atoms with Crippen molar-refractivity contribution in [3.05, 3.63) is 6.42 Å². The first-order chi connectivity index (χ1) is 4.27. The maximum absolute atomic E-state index is 10.1. The smallest absolute Gasteiger partial charge is 0.302 e. The van der Waals surface area contributed by atoms with Crippen molar-refractivity contribution in [2.24, 2.45) is 5.73 Å². The number of esters is 1. The molecule has 0 rings (SSSR count). The van der Waals surface area contributed by atoms with Crippen molar-refractivity contribution < 1.29 is 9.53 Å². The number of nitrogens with two attached hydrogens (primary N) is 1. The topological polar surface area (TPSA) is 52.3 Å². The van der Waals surface area contributed by atoms with Crippen LogP contribution in [0.4, 0.5) is 0 Å². The largest absolute Gasteiger partial charge is 0.466 e. The molecule has 9 heavy (non-hydrogen) atoms. The zero-order chi connectivity index (χ0) is 7.11. The third-order valence-corrected chi connectivity index (χ3v) is 0.794. The maximum Gasteiger partial charge on any atom is 0.302 e. The molecule has 0 amide bonds. The molecule has 0 aliphatic heterocycles. The van der Waals surface area contributed by atoms with E-state index in [0.717, 1.165) is 6.42 Å². The molecule has 0 heterocycles. The first-order valence-corrected chi connectivity index (χ1v) is 2.92. The van der Waals surface area contributed by atoms with Crippen LogP contribution in [0.2, 0.25) is 0 Å². The summed E-state index contributed by atoms with van der Waals surface area (Å²) in [5.74, 6) is -0.236. The second-order valence-electron chi connectivity index (χ2n) is 1.65. The van der Waals surface area contributed by atoms with Gasteiger partial charge in [-0.25, -0.2) is 0 Å². The summed E-state index contributed by atoms with van der Waals surface area (Å²) in [7, 11) is 0. The fraction of sp³-hybridized carbons (Fsp3) is 0.667. The number of ether oxygens (including phenoxy) is 1. The number of hydrogen-bond donors (Lipinski definition) is 1. The molecule has 0 spiro atoms. The van der Waals surface area contributed by atoms with Gasteiger partial charge < -0.3 is 10.5 Å². The summed E-state index contributed by atoms with van der Waals surface area (Å²) in [6.07, 6.45) is 2.61. The number of rotatable bonds is 4. The third kappa shape index (κ3) is 7.43. The molecule has 0 bridgehead atoms. The molecule has 0 fully saturated rings. The summed E-state index contributed by atoms with van der Waals surface area (Å²) in [5.41, 5.74) is 5.15. The molecule has 3 heteroatoms. The van der Waals surface area contributed by atoms with Gasteiger partial charge in [-0.05, 0) is 19.4 Å². The molecule has 0 unspecified atom stereocenters. The lowest BCUT2D eigenvalue weighted by Crippen LogP contribution is -2.04. The average molecular weight is 130 g/mol. The Morgan fingerprint density at radius 3 is 2.89 bits per heavy atom. The Kier molecular flexibility index (Phi) is 5.21. The zero-order valence-electron chi connectivity index (χ0n) is 5.59. The van der Waals surface area contributed by atoms with Gasteiger partial charge in [-0.1, -0.05) is 0 Å². The van der Waals surface area contributed by atoms with Gasteiger partial charge in [0.05, 0.1) is 6.61 Å². The predicted molar refractivity (Wildman–Crippen MR) is 34.6 cm³/mol. The van der Waals surface area contributed by atoms with E-state index in [1.165, 1.54) is 6.92 Å². The lowest BCUT2D eigenvalue weighted by Gasteiger charge is -1.97. The van der Waals surface area contributed by atoms with Gasteiger partial charge in [0.25, 0.3) is 0 Å². The molecule has 3 nitrogen and oxygen atoms in total. The van der Waals surface area contributed by atoms with E-state index >= 15 is 0 Å². The highest BCUT2D eigenvalue weighted by Gasteiger charge is 1.90. The number of carbonyl (C=O) groups is 1. The summed E-state index contributed by atoms with van der Waals surface area (Å²) < 4.78 is 4.62. The van der Waals surface area contributed by atoms with Crippen molar-refractivity contribution in [2.45, 2.75) is 13.3 Å². The average Bonchev–Trinajstić information content (AvgIpc) is 1.80. The first-order valence-electron chi connectivity index (χ1n) is 2.92. The summed E-state index contributed by atoms with van der Waals surface area (Å²) >= 11 is 0. The molecule has 0 aromatic heterocycles. The number of unbranched alkanes of at least 4 members (excludes halogenated alkanes) is 1. The molecule has 0 aliphatic rings. The van der Waals surface area contributed by atoms with Crippen LogP contribution in [0.1, 0.15) is 13.3 Å². The van der Waals surface area contributed by atoms with Gasteiger partial charge in [-0.3, -0.25) is 4.79 Å². The number of carbonyl (C=O) groups excluding carboxylic acids is 1. The van der Waals surface area contributed by atoms with Crippen LogP contribution in [0, 0.1) is 6.42 Å². The molecule has 0 aromatic carbocycles. The highest BCUT2D eigenvalue weighted by atomic mass is 16.5. The van der Waals surface area contributed by atoms with E-state index in [-0.39, 0.29) is 5.97 Å². The van der Waals surface area contributed by atoms with Gasteiger partial charge in [0.15, 0.2) is 0 Å². The molecule has 0 aliphatic carbocycles. The second-order valence-corrected chi connectivity index (χ2v) is 1.65. The van der Waals surface area contributed by atoms with Crippen LogP contribution in [0.5, 0.6) is 0 Å². The van der Waals surface area contributed by atoms with Crippen LogP contribution in [-0.2, 0) is 9.53 Å². The molecule has 53 valence electrons. The summed E-state index contributed by atoms with van der Waals surface area (Å²) in [5, 5.41) is 0. The van der Waals surface area contributed by atoms with Gasteiger partial charge in [0.2, 0.25) is 0 Å². The van der Waals surface area contributed by atoms with Gasteiger partial charge in [0.1, 0.15) is 0 Å². The van der Waals surface area contributed by atoms with Crippen LogP contribution in [-0.4, -0.2) is 19.1 Å². The van der Waals surface area contributed by atoms with E-state index in [2.05, 4.69) is 4.74 Å². The molecular weight excluding hydrogens is 118 g/mol. The summed E-state index contributed by atoms with van der Waals surface area (Å²) in [4.78, 5) is 10.1. The lowest BCUT2D eigenvalue weighted by molar-refractivity contribution is -0.140. The van der Waals surface area contributed by atoms with Crippen molar-refractivity contribution in [1.29, 1.82) is 0 Å². The van der Waals surface area contributed by atoms with Crippen molar-refractivity contribution in [3.63, 3.8) is 0 Å². The maximum atomic E-state index is 10.1. The van der Waals surface area contributed by atoms with Gasteiger partial charge in [-0.15, -0.1) is 0 Å². The molecule has 0 aromatic rings. The quantitative estimate of drug-likeness (QED) is 0.434. The highest BCUT2D eigenvalue weighted by molar-refractivity contribution is 5.65. The van der Waals surface area contributed by atoms with Crippen molar-refractivity contribution in [2.75, 3.05) is 13.2 Å². The minimum Gasteiger partial charge on any atom is -0.466 e.